The van der Waals surface area contributed by atoms with E-state index in [0.29, 0.717) is 17.1 Å². The highest BCUT2D eigenvalue weighted by Gasteiger charge is 2.47. The lowest BCUT2D eigenvalue weighted by atomic mass is 9.73. The predicted octanol–water partition coefficient (Wildman–Crippen LogP) is 4.96. The van der Waals surface area contributed by atoms with Crippen molar-refractivity contribution in [3.63, 3.8) is 0 Å². The van der Waals surface area contributed by atoms with Gasteiger partial charge in [0.1, 0.15) is 0 Å². The van der Waals surface area contributed by atoms with Crippen LogP contribution in [0.1, 0.15) is 62.2 Å². The monoisotopic (exact) mass is 652 g/mol. The number of aliphatic hydroxyl groups is 2. The molecule has 0 aromatic heterocycles. The van der Waals surface area contributed by atoms with Crippen LogP contribution in [0.2, 0.25) is 5.02 Å². The molecule has 2 aromatic carbocycles. The van der Waals surface area contributed by atoms with E-state index in [1.807, 2.05) is 42.5 Å². The first kappa shape index (κ1) is 35.2. The van der Waals surface area contributed by atoms with E-state index in [1.54, 1.807) is 30.3 Å². The van der Waals surface area contributed by atoms with Crippen LogP contribution in [-0.4, -0.2) is 62.2 Å². The van der Waals surface area contributed by atoms with Crippen LogP contribution in [0.25, 0.3) is 5.57 Å². The Morgan fingerprint density at radius 2 is 1.84 bits per heavy atom. The van der Waals surface area contributed by atoms with Crippen LogP contribution in [0.15, 0.2) is 72.8 Å². The third-order valence-corrected chi connectivity index (χ3v) is 9.48. The first-order valence-corrected chi connectivity index (χ1v) is 16.7. The summed E-state index contributed by atoms with van der Waals surface area (Å²) in [5.41, 5.74) is 1.21. The Bertz CT molecular complexity index is 1350. The number of hydrogen-bond donors (Lipinski definition) is 4. The molecule has 0 spiro atoms. The highest BCUT2D eigenvalue weighted by Crippen LogP contribution is 2.40. The van der Waals surface area contributed by atoms with Crippen LogP contribution in [0.3, 0.4) is 0 Å². The van der Waals surface area contributed by atoms with Crippen molar-refractivity contribution in [3.05, 3.63) is 89.0 Å². The first-order chi connectivity index (χ1) is 20.2. The van der Waals surface area contributed by atoms with Gasteiger partial charge in [-0.3, -0.25) is 9.52 Å². The van der Waals surface area contributed by atoms with Crippen molar-refractivity contribution in [2.75, 3.05) is 25.4 Å². The van der Waals surface area contributed by atoms with Crippen LogP contribution >= 0.6 is 24.0 Å². The standard InChI is InChI=1S/C32H41ClN2O6S.ClH/c33-27-12-7-11-26(21-27)29(37)23-34-18-17-32(31(38)35-42(39,40)20-8-19-36)16-15-25(24-9-3-1-4-10-24)22-30(32)41-28-13-5-2-6-14-28;/h1,3-4,7,9-12,15-16,21-22,28-30,34,36-37H,2,5-6,8,13-14,17-20,23H2,(H,35,38);1H/t29-,30?,32?;/m0./s1. The Hall–Kier alpha value is -2.24. The topological polar surface area (TPSA) is 125 Å². The molecule has 2 aliphatic rings. The summed E-state index contributed by atoms with van der Waals surface area (Å²) in [7, 11) is -3.98. The summed E-state index contributed by atoms with van der Waals surface area (Å²) in [5, 5.41) is 23.6. The highest BCUT2D eigenvalue weighted by atomic mass is 35.5. The summed E-state index contributed by atoms with van der Waals surface area (Å²) in [4.78, 5) is 14.0. The van der Waals surface area contributed by atoms with Crippen LogP contribution in [0.5, 0.6) is 0 Å². The lowest BCUT2D eigenvalue weighted by molar-refractivity contribution is -0.137. The summed E-state index contributed by atoms with van der Waals surface area (Å²) in [6.45, 7) is 0.233. The van der Waals surface area contributed by atoms with Crippen LogP contribution in [0, 0.1) is 5.41 Å². The Morgan fingerprint density at radius 1 is 1.09 bits per heavy atom. The summed E-state index contributed by atoms with van der Waals surface area (Å²) in [5.74, 6) is -1.03. The van der Waals surface area contributed by atoms with Crippen LogP contribution < -0.4 is 10.0 Å². The Labute approximate surface area is 266 Å². The van der Waals surface area contributed by atoms with Crippen molar-refractivity contribution in [2.24, 2.45) is 5.41 Å². The quantitative estimate of drug-likeness (QED) is 0.213. The van der Waals surface area contributed by atoms with Gasteiger partial charge in [-0.2, -0.15) is 0 Å². The molecule has 1 amide bonds. The second kappa shape index (κ2) is 16.7. The van der Waals surface area contributed by atoms with Gasteiger partial charge >= 0.3 is 0 Å². The molecule has 1 saturated carbocycles. The van der Waals surface area contributed by atoms with E-state index < -0.39 is 33.6 Å². The summed E-state index contributed by atoms with van der Waals surface area (Å²) >= 11 is 6.08. The molecule has 2 aromatic rings. The molecular formula is C32H42Cl2N2O6S. The van der Waals surface area contributed by atoms with Gasteiger partial charge in [0.25, 0.3) is 0 Å². The molecule has 8 nitrogen and oxygen atoms in total. The van der Waals surface area contributed by atoms with Crippen LogP contribution in [-0.2, 0) is 19.6 Å². The number of aliphatic hydroxyl groups excluding tert-OH is 2. The average molecular weight is 654 g/mol. The Morgan fingerprint density at radius 3 is 2.53 bits per heavy atom. The molecular weight excluding hydrogens is 611 g/mol. The van der Waals surface area contributed by atoms with Crippen molar-refractivity contribution in [1.82, 2.24) is 10.0 Å². The zero-order chi connectivity index (χ0) is 30.0. The maximum Gasteiger partial charge on any atom is 0.246 e. The number of nitrogens with one attached hydrogen (secondary N) is 2. The minimum absolute atomic E-state index is 0. The lowest BCUT2D eigenvalue weighted by Crippen LogP contribution is -2.53. The number of benzene rings is 2. The van der Waals surface area contributed by atoms with Gasteiger partial charge in [-0.25, -0.2) is 8.42 Å². The fourth-order valence-electron chi connectivity index (χ4n) is 5.54. The zero-order valence-corrected chi connectivity index (χ0v) is 26.5. The number of allylic oxidation sites excluding steroid dienone is 2. The van der Waals surface area contributed by atoms with E-state index in [1.165, 1.54) is 0 Å². The SMILES string of the molecule is Cl.O=C(NS(=O)(=O)CCCO)C1(CCNC[C@H](O)c2cccc(Cl)c2)C=CC(c2ccccc2)=CC1OC1CCCCC1. The molecule has 11 heteroatoms. The third-order valence-electron chi connectivity index (χ3n) is 7.93. The molecule has 43 heavy (non-hydrogen) atoms. The van der Waals surface area contributed by atoms with Crippen molar-refractivity contribution in [3.8, 4) is 0 Å². The minimum Gasteiger partial charge on any atom is -0.396 e. The molecule has 0 heterocycles. The van der Waals surface area contributed by atoms with Gasteiger partial charge < -0.3 is 20.3 Å². The van der Waals surface area contributed by atoms with Gasteiger partial charge in [0.05, 0.1) is 29.5 Å². The summed E-state index contributed by atoms with van der Waals surface area (Å²) in [6.07, 6.45) is 9.23. The zero-order valence-electron chi connectivity index (χ0n) is 24.2. The maximum absolute atomic E-state index is 14.0. The maximum atomic E-state index is 14.0. The molecule has 2 aliphatic carbocycles. The fraction of sp³-hybridized carbons (Fsp3) is 0.469. The van der Waals surface area contributed by atoms with E-state index in [4.69, 9.17) is 21.4 Å². The molecule has 0 aliphatic heterocycles. The van der Waals surface area contributed by atoms with Gasteiger partial charge in [0.15, 0.2) is 0 Å². The van der Waals surface area contributed by atoms with Crippen LogP contribution in [0.4, 0.5) is 0 Å². The minimum atomic E-state index is -3.98. The number of hydrogen-bond acceptors (Lipinski definition) is 7. The first-order valence-electron chi connectivity index (χ1n) is 14.6. The fourth-order valence-corrected chi connectivity index (χ4v) is 6.83. The molecule has 2 unspecified atom stereocenters. The number of ether oxygens (including phenoxy) is 1. The largest absolute Gasteiger partial charge is 0.396 e. The number of carbonyl (C=O) groups excluding carboxylic acids is 1. The van der Waals surface area contributed by atoms with E-state index in [0.717, 1.165) is 43.2 Å². The molecule has 0 radical (unpaired) electrons. The smallest absolute Gasteiger partial charge is 0.246 e. The number of amides is 1. The van der Waals surface area contributed by atoms with Crippen molar-refractivity contribution >= 4 is 45.5 Å². The van der Waals surface area contributed by atoms with Gasteiger partial charge in [0, 0.05) is 18.2 Å². The summed E-state index contributed by atoms with van der Waals surface area (Å²) < 4.78 is 34.5. The Balaban J connectivity index is 0.00000506. The number of sulfonamides is 1. The number of carbonyl (C=O) groups is 1. The third kappa shape index (κ3) is 9.88. The number of rotatable bonds is 14. The second-order valence-electron chi connectivity index (χ2n) is 11.0. The van der Waals surface area contributed by atoms with Crippen molar-refractivity contribution in [2.45, 2.75) is 63.3 Å². The normalized spacial score (nSPS) is 21.5. The average Bonchev–Trinajstić information content (AvgIpc) is 2.99. The molecule has 0 bridgehead atoms. The predicted molar refractivity (Wildman–Crippen MR) is 173 cm³/mol. The van der Waals surface area contributed by atoms with Crippen molar-refractivity contribution in [1.29, 1.82) is 0 Å². The van der Waals surface area contributed by atoms with Gasteiger partial charge in [-0.15, -0.1) is 12.4 Å². The molecule has 236 valence electrons. The van der Waals surface area contributed by atoms with Gasteiger partial charge in [-0.05, 0) is 67.1 Å². The molecule has 0 saturated heterocycles. The van der Waals surface area contributed by atoms with E-state index in [2.05, 4.69) is 10.0 Å². The summed E-state index contributed by atoms with van der Waals surface area (Å²) in [6, 6.07) is 16.8. The van der Waals surface area contributed by atoms with E-state index in [-0.39, 0.29) is 50.3 Å². The van der Waals surface area contributed by atoms with E-state index >= 15 is 0 Å². The molecule has 4 N–H and O–H groups in total. The molecule has 1 fully saturated rings. The molecule has 3 atom stereocenters. The van der Waals surface area contributed by atoms with Gasteiger partial charge in [0.2, 0.25) is 15.9 Å². The molecule has 4 rings (SSSR count). The Kier molecular flexibility index (Phi) is 13.7. The van der Waals surface area contributed by atoms with Crippen molar-refractivity contribution < 1.29 is 28.2 Å². The van der Waals surface area contributed by atoms with E-state index in [9.17, 15) is 18.3 Å². The van der Waals surface area contributed by atoms with Gasteiger partial charge in [-0.1, -0.05) is 85.5 Å². The number of halogens is 2. The second-order valence-corrected chi connectivity index (χ2v) is 13.3. The highest BCUT2D eigenvalue weighted by molar-refractivity contribution is 7.90. The lowest BCUT2D eigenvalue weighted by Gasteiger charge is -2.40.